The second-order valence-electron chi connectivity index (χ2n) is 5.43. The molecule has 20 heavy (non-hydrogen) atoms. The molecule has 114 valence electrons. The van der Waals surface area contributed by atoms with Crippen molar-refractivity contribution in [3.05, 3.63) is 12.3 Å². The number of ether oxygens (including phenoxy) is 1. The van der Waals surface area contributed by atoms with Crippen LogP contribution in [0.5, 0.6) is 0 Å². The molecule has 0 aromatic heterocycles. The molecule has 6 heteroatoms. The predicted molar refractivity (Wildman–Crippen MR) is 77.0 cm³/mol. The molecule has 2 amide bonds. The molecule has 2 unspecified atom stereocenters. The van der Waals surface area contributed by atoms with Gasteiger partial charge >= 0.3 is 6.09 Å². The second-order valence-corrected chi connectivity index (χ2v) is 5.43. The fourth-order valence-electron chi connectivity index (χ4n) is 2.34. The highest BCUT2D eigenvalue weighted by molar-refractivity contribution is 5.80. The first-order valence-electron chi connectivity index (χ1n) is 6.92. The van der Waals surface area contributed by atoms with Crippen LogP contribution in [0.3, 0.4) is 0 Å². The number of amides is 2. The molecule has 1 aliphatic rings. The van der Waals surface area contributed by atoms with E-state index in [-0.39, 0.29) is 29.8 Å². The van der Waals surface area contributed by atoms with E-state index in [1.54, 1.807) is 7.05 Å². The number of alkyl carbamates (subject to hydrolysis) is 1. The molecule has 0 saturated heterocycles. The number of methoxy groups -OCH3 is 1. The first kappa shape index (κ1) is 16.3. The molecule has 1 rings (SSSR count). The van der Waals surface area contributed by atoms with Crippen LogP contribution in [0.25, 0.3) is 0 Å². The zero-order valence-corrected chi connectivity index (χ0v) is 12.7. The van der Waals surface area contributed by atoms with E-state index >= 15 is 0 Å². The van der Waals surface area contributed by atoms with Crippen LogP contribution >= 0.6 is 0 Å². The number of rotatable bonds is 6. The quantitative estimate of drug-likeness (QED) is 0.679. The molecular weight excluding hydrogens is 258 g/mol. The average molecular weight is 283 g/mol. The van der Waals surface area contributed by atoms with Crippen LogP contribution in [0.4, 0.5) is 4.79 Å². The van der Waals surface area contributed by atoms with Gasteiger partial charge in [-0.15, -0.1) is 0 Å². The maximum absolute atomic E-state index is 11.6. The molecule has 1 fully saturated rings. The summed E-state index contributed by atoms with van der Waals surface area (Å²) in [6, 6.07) is -0.142. The van der Waals surface area contributed by atoms with Crippen molar-refractivity contribution in [1.82, 2.24) is 16.0 Å². The summed E-state index contributed by atoms with van der Waals surface area (Å²) in [6.45, 7) is 7.97. The van der Waals surface area contributed by atoms with E-state index in [4.69, 9.17) is 0 Å². The zero-order valence-electron chi connectivity index (χ0n) is 12.7. The van der Waals surface area contributed by atoms with Crippen molar-refractivity contribution < 1.29 is 14.3 Å². The third-order valence-electron chi connectivity index (χ3n) is 3.73. The highest BCUT2D eigenvalue weighted by Gasteiger charge is 2.37. The number of carbonyl (C=O) groups is 2. The van der Waals surface area contributed by atoms with Gasteiger partial charge < -0.3 is 20.7 Å². The lowest BCUT2D eigenvalue weighted by Crippen LogP contribution is -2.53. The van der Waals surface area contributed by atoms with Crippen molar-refractivity contribution in [2.24, 2.45) is 11.8 Å². The fraction of sp³-hybridized carbons (Fsp3) is 0.714. The van der Waals surface area contributed by atoms with E-state index < -0.39 is 6.09 Å². The topological polar surface area (TPSA) is 79.5 Å². The lowest BCUT2D eigenvalue weighted by Gasteiger charge is -2.38. The summed E-state index contributed by atoms with van der Waals surface area (Å²) in [5, 5.41) is 8.69. The largest absolute Gasteiger partial charge is 0.453 e. The molecule has 0 spiro atoms. The third-order valence-corrected chi connectivity index (χ3v) is 3.73. The molecule has 0 aromatic rings. The van der Waals surface area contributed by atoms with Gasteiger partial charge in [-0.05, 0) is 18.8 Å². The fourth-order valence-corrected chi connectivity index (χ4v) is 2.34. The molecular formula is C14H25N3O3. The Hall–Kier alpha value is -1.72. The normalized spacial score (nSPS) is 22.4. The SMILES string of the molecule is C=C(NC1CCC1C(=O)NC)[C@@H](NC(=O)OC)C(C)C. The Bertz CT molecular complexity index is 382. The third kappa shape index (κ3) is 3.88. The second kappa shape index (κ2) is 7.17. The lowest BCUT2D eigenvalue weighted by atomic mass is 9.78. The molecule has 0 heterocycles. The van der Waals surface area contributed by atoms with E-state index in [2.05, 4.69) is 27.3 Å². The maximum Gasteiger partial charge on any atom is 0.407 e. The van der Waals surface area contributed by atoms with Crippen molar-refractivity contribution in [3.8, 4) is 0 Å². The highest BCUT2D eigenvalue weighted by Crippen LogP contribution is 2.28. The van der Waals surface area contributed by atoms with Crippen molar-refractivity contribution in [2.45, 2.75) is 38.8 Å². The van der Waals surface area contributed by atoms with Crippen molar-refractivity contribution >= 4 is 12.0 Å². The van der Waals surface area contributed by atoms with Gasteiger partial charge in [0.15, 0.2) is 0 Å². The van der Waals surface area contributed by atoms with E-state index in [1.165, 1.54) is 7.11 Å². The summed E-state index contributed by atoms with van der Waals surface area (Å²) < 4.78 is 4.62. The summed E-state index contributed by atoms with van der Waals surface area (Å²) in [7, 11) is 2.97. The molecule has 0 radical (unpaired) electrons. The maximum atomic E-state index is 11.6. The Balaban J connectivity index is 2.58. The van der Waals surface area contributed by atoms with Crippen LogP contribution in [-0.2, 0) is 9.53 Å². The predicted octanol–water partition coefficient (Wildman–Crippen LogP) is 0.995. The summed E-state index contributed by atoms with van der Waals surface area (Å²) >= 11 is 0. The monoisotopic (exact) mass is 283 g/mol. The van der Waals surface area contributed by atoms with Gasteiger partial charge in [-0.25, -0.2) is 4.79 Å². The van der Waals surface area contributed by atoms with Gasteiger partial charge in [0.05, 0.1) is 19.1 Å². The lowest BCUT2D eigenvalue weighted by molar-refractivity contribution is -0.128. The van der Waals surface area contributed by atoms with Crippen LogP contribution in [-0.4, -0.2) is 38.2 Å². The summed E-state index contributed by atoms with van der Waals surface area (Å²) in [5.41, 5.74) is 0.712. The first-order valence-corrected chi connectivity index (χ1v) is 6.92. The van der Waals surface area contributed by atoms with E-state index in [1.807, 2.05) is 13.8 Å². The average Bonchev–Trinajstić information content (AvgIpc) is 2.39. The Morgan fingerprint density at radius 3 is 2.35 bits per heavy atom. The van der Waals surface area contributed by atoms with Crippen molar-refractivity contribution in [3.63, 3.8) is 0 Å². The van der Waals surface area contributed by atoms with Gasteiger partial charge in [0, 0.05) is 18.8 Å². The van der Waals surface area contributed by atoms with Gasteiger partial charge in [-0.1, -0.05) is 20.4 Å². The Labute approximate surface area is 120 Å². The molecule has 6 nitrogen and oxygen atoms in total. The van der Waals surface area contributed by atoms with Crippen molar-refractivity contribution in [2.75, 3.05) is 14.2 Å². The Morgan fingerprint density at radius 1 is 1.30 bits per heavy atom. The van der Waals surface area contributed by atoms with Crippen LogP contribution < -0.4 is 16.0 Å². The molecule has 0 bridgehead atoms. The molecule has 3 atom stereocenters. The molecule has 1 saturated carbocycles. The van der Waals surface area contributed by atoms with Crippen LogP contribution in [0.1, 0.15) is 26.7 Å². The molecule has 3 N–H and O–H groups in total. The summed E-state index contributed by atoms with van der Waals surface area (Å²) in [5.74, 6) is 0.193. The van der Waals surface area contributed by atoms with Crippen LogP contribution in [0.2, 0.25) is 0 Å². The van der Waals surface area contributed by atoms with Crippen molar-refractivity contribution in [1.29, 1.82) is 0 Å². The van der Waals surface area contributed by atoms with Gasteiger partial charge in [0.2, 0.25) is 5.91 Å². The minimum absolute atomic E-state index is 0.0253. The molecule has 0 aliphatic heterocycles. The summed E-state index contributed by atoms with van der Waals surface area (Å²) in [4.78, 5) is 23.0. The molecule has 1 aliphatic carbocycles. The van der Waals surface area contributed by atoms with Gasteiger partial charge in [0.25, 0.3) is 0 Å². The number of hydrogen-bond donors (Lipinski definition) is 3. The van der Waals surface area contributed by atoms with E-state index in [0.29, 0.717) is 5.70 Å². The minimum Gasteiger partial charge on any atom is -0.453 e. The number of nitrogens with one attached hydrogen (secondary N) is 3. The van der Waals surface area contributed by atoms with Crippen LogP contribution in [0, 0.1) is 11.8 Å². The first-order chi connectivity index (χ1) is 9.40. The van der Waals surface area contributed by atoms with E-state index in [9.17, 15) is 9.59 Å². The summed E-state index contributed by atoms with van der Waals surface area (Å²) in [6.07, 6.45) is 1.32. The van der Waals surface area contributed by atoms with Crippen LogP contribution in [0.15, 0.2) is 12.3 Å². The standard InChI is InChI=1S/C14H25N3O3/c1-8(2)12(17-14(19)20-5)9(3)16-11-7-6-10(11)13(18)15-4/h8,10-12,16H,3,6-7H2,1-2,4-5H3,(H,15,18)(H,17,19)/t10?,11?,12-/m0/s1. The Kier molecular flexibility index (Phi) is 5.85. The zero-order chi connectivity index (χ0) is 15.3. The highest BCUT2D eigenvalue weighted by atomic mass is 16.5. The smallest absolute Gasteiger partial charge is 0.407 e. The Morgan fingerprint density at radius 2 is 1.95 bits per heavy atom. The number of hydrogen-bond acceptors (Lipinski definition) is 4. The molecule has 0 aromatic carbocycles. The van der Waals surface area contributed by atoms with E-state index in [0.717, 1.165) is 12.8 Å². The van der Waals surface area contributed by atoms with Gasteiger partial charge in [-0.3, -0.25) is 4.79 Å². The number of carbonyl (C=O) groups excluding carboxylic acids is 2. The van der Waals surface area contributed by atoms with Gasteiger partial charge in [-0.2, -0.15) is 0 Å². The van der Waals surface area contributed by atoms with Gasteiger partial charge in [0.1, 0.15) is 0 Å². The minimum atomic E-state index is -0.483.